The lowest BCUT2D eigenvalue weighted by atomic mass is 10.3. The van der Waals surface area contributed by atoms with E-state index in [0.717, 1.165) is 11.4 Å². The molecular formula is C17H17FN6OS. The summed E-state index contributed by atoms with van der Waals surface area (Å²) in [6.07, 6.45) is 1.72. The maximum Gasteiger partial charge on any atom is 0.323 e. The quantitative estimate of drug-likeness (QED) is 0.749. The highest BCUT2D eigenvalue weighted by atomic mass is 32.1. The minimum Gasteiger partial charge on any atom is -0.352 e. The number of piperazine rings is 1. The number of urea groups is 1. The zero-order chi connectivity index (χ0) is 18.1. The zero-order valence-corrected chi connectivity index (χ0v) is 15.0. The average molecular weight is 372 g/mol. The molecule has 1 aromatic carbocycles. The van der Waals surface area contributed by atoms with Crippen LogP contribution in [0.25, 0.3) is 10.2 Å². The third-order valence-corrected chi connectivity index (χ3v) is 5.17. The lowest BCUT2D eigenvalue weighted by Gasteiger charge is -2.34. The number of hydrogen-bond donors (Lipinski definition) is 1. The smallest absolute Gasteiger partial charge is 0.323 e. The molecule has 0 radical (unpaired) electrons. The first-order valence-electron chi connectivity index (χ1n) is 8.25. The molecule has 0 aliphatic carbocycles. The maximum absolute atomic E-state index is 13.3. The third kappa shape index (κ3) is 3.43. The topological polar surface area (TPSA) is 74.2 Å². The molecule has 2 aromatic heterocycles. The highest BCUT2D eigenvalue weighted by Crippen LogP contribution is 2.26. The normalized spacial score (nSPS) is 14.7. The highest BCUT2D eigenvalue weighted by molar-refractivity contribution is 7.22. The molecule has 3 heterocycles. The summed E-state index contributed by atoms with van der Waals surface area (Å²) in [4.78, 5) is 20.7. The van der Waals surface area contributed by atoms with E-state index < -0.39 is 0 Å². The number of carbonyl (C=O) groups is 1. The summed E-state index contributed by atoms with van der Waals surface area (Å²) < 4.78 is 14.0. The van der Waals surface area contributed by atoms with Crippen LogP contribution in [0.3, 0.4) is 0 Å². The summed E-state index contributed by atoms with van der Waals surface area (Å²) in [6, 6.07) is 6.19. The number of benzene rings is 1. The number of carbonyl (C=O) groups excluding carboxylic acids is 1. The fourth-order valence-electron chi connectivity index (χ4n) is 2.86. The van der Waals surface area contributed by atoms with Crippen LogP contribution < -0.4 is 10.2 Å². The second-order valence-corrected chi connectivity index (χ2v) is 7.16. The van der Waals surface area contributed by atoms with Crippen molar-refractivity contribution in [1.29, 1.82) is 0 Å². The maximum atomic E-state index is 13.3. The lowest BCUT2D eigenvalue weighted by Crippen LogP contribution is -2.50. The molecular weight excluding hydrogens is 355 g/mol. The number of thiazole rings is 1. The van der Waals surface area contributed by atoms with E-state index >= 15 is 0 Å². The molecule has 0 atom stereocenters. The van der Waals surface area contributed by atoms with E-state index in [4.69, 9.17) is 0 Å². The Hall–Kier alpha value is -2.81. The summed E-state index contributed by atoms with van der Waals surface area (Å²) in [7, 11) is 0. The molecule has 2 amide bonds. The second kappa shape index (κ2) is 6.83. The molecule has 0 bridgehead atoms. The van der Waals surface area contributed by atoms with Crippen molar-refractivity contribution in [3.63, 3.8) is 0 Å². The molecule has 4 rings (SSSR count). The van der Waals surface area contributed by atoms with Gasteiger partial charge in [-0.1, -0.05) is 11.3 Å². The number of amides is 2. The van der Waals surface area contributed by atoms with Crippen LogP contribution in [-0.2, 0) is 0 Å². The Morgan fingerprint density at radius 1 is 1.23 bits per heavy atom. The summed E-state index contributed by atoms with van der Waals surface area (Å²) in [5.74, 6) is 0.521. The molecule has 26 heavy (non-hydrogen) atoms. The number of rotatable bonds is 2. The average Bonchev–Trinajstić information content (AvgIpc) is 3.03. The van der Waals surface area contributed by atoms with Crippen LogP contribution in [0.1, 0.15) is 5.56 Å². The Labute approximate surface area is 153 Å². The largest absolute Gasteiger partial charge is 0.352 e. The molecule has 0 unspecified atom stereocenters. The van der Waals surface area contributed by atoms with E-state index in [2.05, 4.69) is 25.4 Å². The molecule has 0 saturated carbocycles. The van der Waals surface area contributed by atoms with Crippen molar-refractivity contribution in [3.8, 4) is 0 Å². The number of aromatic nitrogens is 3. The van der Waals surface area contributed by atoms with Crippen molar-refractivity contribution in [2.45, 2.75) is 6.92 Å². The minimum absolute atomic E-state index is 0.195. The molecule has 134 valence electrons. The molecule has 0 spiro atoms. The van der Waals surface area contributed by atoms with E-state index in [1.165, 1.54) is 23.5 Å². The third-order valence-electron chi connectivity index (χ3n) is 4.23. The zero-order valence-electron chi connectivity index (χ0n) is 14.1. The van der Waals surface area contributed by atoms with Crippen molar-refractivity contribution in [1.82, 2.24) is 20.1 Å². The summed E-state index contributed by atoms with van der Waals surface area (Å²) in [5.41, 5.74) is 1.73. The number of nitrogens with zero attached hydrogens (tertiary/aromatic N) is 5. The standard InChI is InChI=1S/C17H17FN6OS/c1-11-8-15(22-19-10-11)23-4-6-24(7-5-23)17(25)21-16-20-13-3-2-12(18)9-14(13)26-16/h2-3,8-10H,4-7H2,1H3,(H,20,21,25). The van der Waals surface area contributed by atoms with Crippen molar-refractivity contribution in [2.24, 2.45) is 0 Å². The number of fused-ring (bicyclic) bond motifs is 1. The fourth-order valence-corrected chi connectivity index (χ4v) is 3.74. The number of nitrogens with one attached hydrogen (secondary N) is 1. The monoisotopic (exact) mass is 372 g/mol. The van der Waals surface area contributed by atoms with Crippen molar-refractivity contribution in [3.05, 3.63) is 41.8 Å². The van der Waals surface area contributed by atoms with Crippen LogP contribution in [0.15, 0.2) is 30.5 Å². The van der Waals surface area contributed by atoms with Gasteiger partial charge in [0.2, 0.25) is 0 Å². The van der Waals surface area contributed by atoms with E-state index in [-0.39, 0.29) is 11.8 Å². The highest BCUT2D eigenvalue weighted by Gasteiger charge is 2.23. The molecule has 1 aliphatic heterocycles. The summed E-state index contributed by atoms with van der Waals surface area (Å²) >= 11 is 1.26. The van der Waals surface area contributed by atoms with Gasteiger partial charge in [0, 0.05) is 26.2 Å². The Morgan fingerprint density at radius 3 is 2.81 bits per heavy atom. The Morgan fingerprint density at radius 2 is 2.04 bits per heavy atom. The van der Waals surface area contributed by atoms with Gasteiger partial charge in [-0.05, 0) is 36.8 Å². The molecule has 9 heteroatoms. The summed E-state index contributed by atoms with van der Waals surface area (Å²) in [6.45, 7) is 4.53. The van der Waals surface area contributed by atoms with E-state index in [1.807, 2.05) is 13.0 Å². The lowest BCUT2D eigenvalue weighted by molar-refractivity contribution is 0.208. The molecule has 3 aromatic rings. The van der Waals surface area contributed by atoms with Crippen LogP contribution in [0.5, 0.6) is 0 Å². The molecule has 1 aliphatic rings. The summed E-state index contributed by atoms with van der Waals surface area (Å²) in [5, 5.41) is 11.4. The second-order valence-electron chi connectivity index (χ2n) is 6.13. The predicted molar refractivity (Wildman–Crippen MR) is 99.2 cm³/mol. The molecule has 1 saturated heterocycles. The fraction of sp³-hybridized carbons (Fsp3) is 0.294. The first-order chi connectivity index (χ1) is 12.6. The van der Waals surface area contributed by atoms with E-state index in [1.54, 1.807) is 17.2 Å². The number of halogens is 1. The van der Waals surface area contributed by atoms with Crippen LogP contribution in [-0.4, -0.2) is 52.3 Å². The van der Waals surface area contributed by atoms with E-state index in [0.29, 0.717) is 41.5 Å². The SMILES string of the molecule is Cc1cnnc(N2CCN(C(=O)Nc3nc4ccc(F)cc4s3)CC2)c1. The van der Waals surface area contributed by atoms with E-state index in [9.17, 15) is 9.18 Å². The Kier molecular flexibility index (Phi) is 4.37. The minimum atomic E-state index is -0.311. The van der Waals surface area contributed by atoms with Gasteiger partial charge in [-0.15, -0.1) is 5.10 Å². The van der Waals surface area contributed by atoms with Gasteiger partial charge in [-0.3, -0.25) is 5.32 Å². The molecule has 1 N–H and O–H groups in total. The van der Waals surface area contributed by atoms with Gasteiger partial charge in [0.1, 0.15) is 5.82 Å². The Balaban J connectivity index is 1.38. The molecule has 1 fully saturated rings. The van der Waals surface area contributed by atoms with Gasteiger partial charge < -0.3 is 9.80 Å². The van der Waals surface area contributed by atoms with Crippen LogP contribution in [0.4, 0.5) is 20.1 Å². The van der Waals surface area contributed by atoms with Gasteiger partial charge in [0.05, 0.1) is 16.4 Å². The van der Waals surface area contributed by atoms with Gasteiger partial charge in [0.15, 0.2) is 10.9 Å². The first-order valence-corrected chi connectivity index (χ1v) is 9.06. The van der Waals surface area contributed by atoms with Crippen LogP contribution >= 0.6 is 11.3 Å². The number of hydrogen-bond acceptors (Lipinski definition) is 6. The predicted octanol–water partition coefficient (Wildman–Crippen LogP) is 2.89. The van der Waals surface area contributed by atoms with Crippen molar-refractivity contribution in [2.75, 3.05) is 36.4 Å². The van der Waals surface area contributed by atoms with Gasteiger partial charge in [-0.25, -0.2) is 14.2 Å². The van der Waals surface area contributed by atoms with Crippen LogP contribution in [0, 0.1) is 12.7 Å². The van der Waals surface area contributed by atoms with Crippen molar-refractivity contribution >= 4 is 38.5 Å². The van der Waals surface area contributed by atoms with Crippen molar-refractivity contribution < 1.29 is 9.18 Å². The number of aryl methyl sites for hydroxylation is 1. The first kappa shape index (κ1) is 16.6. The molecule has 7 nitrogen and oxygen atoms in total. The van der Waals surface area contributed by atoms with Gasteiger partial charge in [0.25, 0.3) is 0 Å². The van der Waals surface area contributed by atoms with Crippen LogP contribution in [0.2, 0.25) is 0 Å². The number of anilines is 2. The van der Waals surface area contributed by atoms with Gasteiger partial charge in [-0.2, -0.15) is 5.10 Å². The van der Waals surface area contributed by atoms with Gasteiger partial charge >= 0.3 is 6.03 Å². The Bertz CT molecular complexity index is 953.